The molecule has 1 rings (SSSR count). The molecule has 0 heterocycles. The van der Waals surface area contributed by atoms with Gasteiger partial charge in [0.15, 0.2) is 6.61 Å². The molecule has 0 aliphatic rings. The van der Waals surface area contributed by atoms with Crippen LogP contribution < -0.4 is 4.74 Å². The third kappa shape index (κ3) is 3.86. The topological polar surface area (TPSA) is 35.5 Å². The van der Waals surface area contributed by atoms with Crippen LogP contribution in [-0.4, -0.2) is 24.9 Å². The van der Waals surface area contributed by atoms with Gasteiger partial charge in [0.05, 0.1) is 0 Å². The van der Waals surface area contributed by atoms with E-state index >= 15 is 0 Å². The first-order chi connectivity index (χ1) is 8.22. The highest BCUT2D eigenvalue weighted by atomic mass is 19.4. The molecule has 0 saturated heterocycles. The van der Waals surface area contributed by atoms with Gasteiger partial charge in [0.25, 0.3) is 0 Å². The number of halogens is 5. The van der Waals surface area contributed by atoms with Crippen LogP contribution in [0.25, 0.3) is 0 Å². The minimum Gasteiger partial charge on any atom is -0.427 e. The van der Waals surface area contributed by atoms with Gasteiger partial charge in [-0.15, -0.1) is 0 Å². The fourth-order valence-corrected chi connectivity index (χ4v) is 0.846. The molecule has 0 aliphatic carbocycles. The lowest BCUT2D eigenvalue weighted by Crippen LogP contribution is -2.41. The van der Waals surface area contributed by atoms with Crippen molar-refractivity contribution in [1.29, 1.82) is 0 Å². The van der Waals surface area contributed by atoms with E-state index in [0.29, 0.717) is 0 Å². The van der Waals surface area contributed by atoms with Crippen LogP contribution in [-0.2, 0) is 4.74 Å². The Balaban J connectivity index is 2.48. The van der Waals surface area contributed by atoms with Crippen molar-refractivity contribution in [2.75, 3.05) is 6.61 Å². The largest absolute Gasteiger partial charge is 0.514 e. The van der Waals surface area contributed by atoms with Crippen molar-refractivity contribution in [3.05, 3.63) is 30.3 Å². The molecular formula is C10H7F5O3. The van der Waals surface area contributed by atoms with Crippen molar-refractivity contribution in [1.82, 2.24) is 0 Å². The summed E-state index contributed by atoms with van der Waals surface area (Å²) in [5.41, 5.74) is 0. The van der Waals surface area contributed by atoms with E-state index in [-0.39, 0.29) is 5.75 Å². The van der Waals surface area contributed by atoms with Gasteiger partial charge in [-0.1, -0.05) is 18.2 Å². The molecule has 0 aliphatic heterocycles. The van der Waals surface area contributed by atoms with Crippen molar-refractivity contribution in [3.8, 4) is 5.75 Å². The molecular weight excluding hydrogens is 263 g/mol. The summed E-state index contributed by atoms with van der Waals surface area (Å²) in [6.07, 6.45) is -7.41. The second kappa shape index (κ2) is 5.19. The highest BCUT2D eigenvalue weighted by Gasteiger charge is 2.58. The normalized spacial score (nSPS) is 12.1. The predicted molar refractivity (Wildman–Crippen MR) is 49.4 cm³/mol. The third-order valence-corrected chi connectivity index (χ3v) is 1.73. The highest BCUT2D eigenvalue weighted by Crippen LogP contribution is 2.35. The second-order valence-electron chi connectivity index (χ2n) is 3.16. The van der Waals surface area contributed by atoms with Crippen molar-refractivity contribution < 1.29 is 36.2 Å². The van der Waals surface area contributed by atoms with E-state index in [4.69, 9.17) is 0 Å². The van der Waals surface area contributed by atoms with Gasteiger partial charge >= 0.3 is 18.3 Å². The number of carbonyl (C=O) groups excluding carboxylic acids is 1. The number of rotatable bonds is 3. The maximum atomic E-state index is 12.4. The van der Waals surface area contributed by atoms with E-state index in [1.165, 1.54) is 24.3 Å². The van der Waals surface area contributed by atoms with Gasteiger partial charge in [0, 0.05) is 0 Å². The molecule has 3 nitrogen and oxygen atoms in total. The standard InChI is InChI=1S/C10H7F5O3/c11-9(12,10(13,14)15)6-17-8(16)18-7-4-2-1-3-5-7/h1-5H,6H2. The molecule has 0 N–H and O–H groups in total. The van der Waals surface area contributed by atoms with E-state index in [1.54, 1.807) is 6.07 Å². The van der Waals surface area contributed by atoms with Crippen LogP contribution in [0.1, 0.15) is 0 Å². The Labute approximate surface area is 98.1 Å². The Morgan fingerprint density at radius 1 is 1.06 bits per heavy atom. The van der Waals surface area contributed by atoms with Gasteiger partial charge in [0.2, 0.25) is 0 Å². The minimum atomic E-state index is -5.78. The number of carbonyl (C=O) groups is 1. The first kappa shape index (κ1) is 14.2. The first-order valence-corrected chi connectivity index (χ1v) is 4.56. The third-order valence-electron chi connectivity index (χ3n) is 1.73. The van der Waals surface area contributed by atoms with E-state index in [9.17, 15) is 26.7 Å². The van der Waals surface area contributed by atoms with E-state index < -0.39 is 24.9 Å². The summed E-state index contributed by atoms with van der Waals surface area (Å²) in [5.74, 6) is -5.14. The monoisotopic (exact) mass is 270 g/mol. The Hall–Kier alpha value is -1.86. The molecule has 0 spiro atoms. The zero-order valence-corrected chi connectivity index (χ0v) is 8.71. The Bertz CT molecular complexity index is 402. The van der Waals surface area contributed by atoms with Crippen molar-refractivity contribution >= 4 is 6.16 Å². The van der Waals surface area contributed by atoms with Gasteiger partial charge in [0.1, 0.15) is 5.75 Å². The molecule has 18 heavy (non-hydrogen) atoms. The molecule has 0 aromatic heterocycles. The number of para-hydroxylation sites is 1. The zero-order chi connectivity index (χ0) is 13.8. The van der Waals surface area contributed by atoms with Crippen LogP contribution in [0.15, 0.2) is 30.3 Å². The lowest BCUT2D eigenvalue weighted by Gasteiger charge is -2.18. The van der Waals surface area contributed by atoms with Crippen LogP contribution >= 0.6 is 0 Å². The maximum Gasteiger partial charge on any atom is 0.514 e. The number of benzene rings is 1. The number of hydrogen-bond acceptors (Lipinski definition) is 3. The fourth-order valence-electron chi connectivity index (χ4n) is 0.846. The summed E-state index contributed by atoms with van der Waals surface area (Å²) >= 11 is 0. The van der Waals surface area contributed by atoms with Gasteiger partial charge in [-0.2, -0.15) is 22.0 Å². The molecule has 100 valence electrons. The summed E-state index contributed by atoms with van der Waals surface area (Å²) in [6, 6.07) is 7.17. The zero-order valence-electron chi connectivity index (χ0n) is 8.71. The minimum absolute atomic E-state index is 0.0298. The first-order valence-electron chi connectivity index (χ1n) is 4.56. The smallest absolute Gasteiger partial charge is 0.427 e. The van der Waals surface area contributed by atoms with E-state index in [1.807, 2.05) is 0 Å². The van der Waals surface area contributed by atoms with Crippen molar-refractivity contribution in [3.63, 3.8) is 0 Å². The average molecular weight is 270 g/mol. The fraction of sp³-hybridized carbons (Fsp3) is 0.300. The lowest BCUT2D eigenvalue weighted by atomic mass is 10.3. The van der Waals surface area contributed by atoms with Gasteiger partial charge < -0.3 is 9.47 Å². The van der Waals surface area contributed by atoms with E-state index in [0.717, 1.165) is 0 Å². The lowest BCUT2D eigenvalue weighted by molar-refractivity contribution is -0.292. The number of hydrogen-bond donors (Lipinski definition) is 0. The summed E-state index contributed by atoms with van der Waals surface area (Å²) in [5, 5.41) is 0. The van der Waals surface area contributed by atoms with E-state index in [2.05, 4.69) is 9.47 Å². The molecule has 0 unspecified atom stereocenters. The van der Waals surface area contributed by atoms with Crippen LogP contribution in [0.4, 0.5) is 26.7 Å². The molecule has 0 atom stereocenters. The summed E-state index contributed by atoms with van der Waals surface area (Å²) in [6.45, 7) is -2.12. The molecule has 0 bridgehead atoms. The quantitative estimate of drug-likeness (QED) is 0.479. The summed E-state index contributed by atoms with van der Waals surface area (Å²) in [7, 11) is 0. The summed E-state index contributed by atoms with van der Waals surface area (Å²) in [4.78, 5) is 10.8. The molecule has 1 aromatic rings. The van der Waals surface area contributed by atoms with Crippen molar-refractivity contribution in [2.45, 2.75) is 12.1 Å². The molecule has 0 radical (unpaired) electrons. The molecule has 1 aromatic carbocycles. The molecule has 0 saturated carbocycles. The molecule has 0 amide bonds. The van der Waals surface area contributed by atoms with Crippen molar-refractivity contribution in [2.24, 2.45) is 0 Å². The predicted octanol–water partition coefficient (Wildman–Crippen LogP) is 3.40. The highest BCUT2D eigenvalue weighted by molar-refractivity contribution is 5.63. The van der Waals surface area contributed by atoms with Crippen LogP contribution in [0.3, 0.4) is 0 Å². The molecule has 8 heteroatoms. The number of alkyl halides is 5. The Morgan fingerprint density at radius 2 is 1.61 bits per heavy atom. The maximum absolute atomic E-state index is 12.4. The van der Waals surface area contributed by atoms with Gasteiger partial charge in [-0.25, -0.2) is 4.79 Å². The second-order valence-corrected chi connectivity index (χ2v) is 3.16. The molecule has 0 fully saturated rings. The Morgan fingerprint density at radius 3 is 2.11 bits per heavy atom. The van der Waals surface area contributed by atoms with Crippen LogP contribution in [0.2, 0.25) is 0 Å². The Kier molecular flexibility index (Phi) is 4.10. The summed E-state index contributed by atoms with van der Waals surface area (Å²) < 4.78 is 68.0. The van der Waals surface area contributed by atoms with Gasteiger partial charge in [-0.3, -0.25) is 0 Å². The SMILES string of the molecule is O=C(OCC(F)(F)C(F)(F)F)Oc1ccccc1. The number of ether oxygens (including phenoxy) is 2. The average Bonchev–Trinajstić information content (AvgIpc) is 2.26. The van der Waals surface area contributed by atoms with Crippen LogP contribution in [0.5, 0.6) is 5.75 Å². The van der Waals surface area contributed by atoms with Crippen LogP contribution in [0, 0.1) is 0 Å². The van der Waals surface area contributed by atoms with Gasteiger partial charge in [-0.05, 0) is 12.1 Å².